The maximum atomic E-state index is 13.9. The van der Waals surface area contributed by atoms with E-state index >= 15 is 0 Å². The lowest BCUT2D eigenvalue weighted by atomic mass is 10.1. The highest BCUT2D eigenvalue weighted by atomic mass is 32.2. The molecule has 2 N–H and O–H groups in total. The first-order valence-electron chi connectivity index (χ1n) is 10.4. The normalized spacial score (nSPS) is 13.1. The molecule has 0 aliphatic heterocycles. The minimum atomic E-state index is -4.94. The van der Waals surface area contributed by atoms with Gasteiger partial charge >= 0.3 is 6.18 Å². The summed E-state index contributed by atoms with van der Waals surface area (Å²) in [5, 5.41) is 13.7. The molecule has 0 radical (unpaired) electrons. The average molecular weight is 525 g/mol. The van der Waals surface area contributed by atoms with Crippen LogP contribution in [-0.4, -0.2) is 19.8 Å². The zero-order chi connectivity index (χ0) is 25.4. The Kier molecular flexibility index (Phi) is 6.76. The number of aliphatic hydroxyl groups excluding tert-OH is 1. The fourth-order valence-corrected chi connectivity index (χ4v) is 6.46. The van der Waals surface area contributed by atoms with Crippen LogP contribution >= 0.6 is 11.3 Å². The third kappa shape index (κ3) is 5.12. The molecule has 0 saturated carbocycles. The predicted molar refractivity (Wildman–Crippen MR) is 128 cm³/mol. The zero-order valence-electron chi connectivity index (χ0n) is 18.3. The molecule has 11 heteroatoms. The van der Waals surface area contributed by atoms with Gasteiger partial charge in [-0.2, -0.15) is 13.2 Å². The van der Waals surface area contributed by atoms with Crippen LogP contribution in [0.25, 0.3) is 10.1 Å². The molecule has 5 nitrogen and oxygen atoms in total. The second kappa shape index (κ2) is 9.48. The molecule has 0 saturated heterocycles. The Balaban J connectivity index is 1.93. The van der Waals surface area contributed by atoms with E-state index in [4.69, 9.17) is 0 Å². The smallest absolute Gasteiger partial charge is 0.374 e. The quantitative estimate of drug-likeness (QED) is 0.223. The van der Waals surface area contributed by atoms with Gasteiger partial charge in [-0.05, 0) is 42.8 Å². The fourth-order valence-electron chi connectivity index (χ4n) is 3.60. The zero-order valence-corrected chi connectivity index (χ0v) is 19.9. The van der Waals surface area contributed by atoms with Gasteiger partial charge < -0.3 is 10.4 Å². The van der Waals surface area contributed by atoms with Gasteiger partial charge in [-0.3, -0.25) is 4.31 Å². The largest absolute Gasteiger partial charge is 0.419 e. The summed E-state index contributed by atoms with van der Waals surface area (Å²) in [6.07, 6.45) is -5.99. The molecule has 0 spiro atoms. The van der Waals surface area contributed by atoms with E-state index in [1.54, 1.807) is 30.3 Å². The Morgan fingerprint density at radius 3 is 2.34 bits per heavy atom. The van der Waals surface area contributed by atoms with Crippen molar-refractivity contribution in [3.8, 4) is 0 Å². The summed E-state index contributed by atoms with van der Waals surface area (Å²) in [5.41, 5.74) is -1.22. The summed E-state index contributed by atoms with van der Waals surface area (Å²) in [6, 6.07) is 16.9. The second-order valence-electron chi connectivity index (χ2n) is 7.74. The van der Waals surface area contributed by atoms with Crippen LogP contribution in [0.2, 0.25) is 0 Å². The molecule has 4 rings (SSSR count). The molecule has 184 valence electrons. The van der Waals surface area contributed by atoms with E-state index in [-0.39, 0.29) is 15.5 Å². The van der Waals surface area contributed by atoms with E-state index in [1.807, 2.05) is 0 Å². The maximum Gasteiger partial charge on any atom is 0.419 e. The van der Waals surface area contributed by atoms with Crippen molar-refractivity contribution >= 4 is 42.1 Å². The standard InChI is InChI=1S/C24H20F4N2O3S2/c1-15(31)29-22-18-9-5-6-10-21(18)34-23(22)30(35(32,33)17-7-3-2-4-8-17)14-16-11-12-20(25)19(13-16)24(26,27)28/h2-13,15,29,31H,14H2,1H3. The van der Waals surface area contributed by atoms with E-state index in [9.17, 15) is 31.1 Å². The number of aliphatic hydroxyl groups is 1. The molecule has 0 aliphatic carbocycles. The number of nitrogens with zero attached hydrogens (tertiary/aromatic N) is 1. The second-order valence-corrected chi connectivity index (χ2v) is 10.6. The summed E-state index contributed by atoms with van der Waals surface area (Å²) in [6.45, 7) is 0.962. The van der Waals surface area contributed by atoms with E-state index in [0.717, 1.165) is 21.7 Å². The molecular weight excluding hydrogens is 504 g/mol. The molecular formula is C24H20F4N2O3S2. The minimum absolute atomic E-state index is 0.0568. The lowest BCUT2D eigenvalue weighted by Crippen LogP contribution is -2.31. The van der Waals surface area contributed by atoms with Crippen LogP contribution in [0.1, 0.15) is 18.1 Å². The van der Waals surface area contributed by atoms with Crippen molar-refractivity contribution in [1.29, 1.82) is 0 Å². The average Bonchev–Trinajstić information content (AvgIpc) is 3.15. The van der Waals surface area contributed by atoms with Gasteiger partial charge in [0.15, 0.2) is 0 Å². The van der Waals surface area contributed by atoms with Gasteiger partial charge in [-0.1, -0.05) is 42.5 Å². The van der Waals surface area contributed by atoms with Crippen molar-refractivity contribution in [2.24, 2.45) is 0 Å². The van der Waals surface area contributed by atoms with E-state index in [2.05, 4.69) is 5.32 Å². The molecule has 0 fully saturated rings. The molecule has 0 aliphatic rings. The third-order valence-electron chi connectivity index (χ3n) is 5.15. The number of halogens is 4. The first-order valence-corrected chi connectivity index (χ1v) is 12.6. The Bertz CT molecular complexity index is 1450. The Labute approximate surface area is 203 Å². The number of benzene rings is 3. The first-order chi connectivity index (χ1) is 16.5. The molecule has 1 atom stereocenters. The number of hydrogen-bond acceptors (Lipinski definition) is 5. The molecule has 0 bridgehead atoms. The molecule has 1 heterocycles. The van der Waals surface area contributed by atoms with Crippen molar-refractivity contribution in [3.05, 3.63) is 89.7 Å². The number of rotatable bonds is 7. The Morgan fingerprint density at radius 2 is 1.69 bits per heavy atom. The van der Waals surface area contributed by atoms with E-state index < -0.39 is 40.4 Å². The van der Waals surface area contributed by atoms with Gasteiger partial charge in [0.25, 0.3) is 10.0 Å². The Morgan fingerprint density at radius 1 is 1.03 bits per heavy atom. The van der Waals surface area contributed by atoms with Crippen molar-refractivity contribution in [2.75, 3.05) is 9.62 Å². The third-order valence-corrected chi connectivity index (χ3v) is 8.22. The van der Waals surface area contributed by atoms with Crippen molar-refractivity contribution in [2.45, 2.75) is 30.8 Å². The fraction of sp³-hybridized carbons (Fsp3) is 0.167. The highest BCUT2D eigenvalue weighted by molar-refractivity contribution is 7.93. The number of anilines is 2. The number of sulfonamides is 1. The number of nitrogens with one attached hydrogen (secondary N) is 1. The number of thiophene rings is 1. The van der Waals surface area contributed by atoms with Crippen LogP contribution < -0.4 is 9.62 Å². The van der Waals surface area contributed by atoms with Crippen molar-refractivity contribution in [1.82, 2.24) is 0 Å². The number of fused-ring (bicyclic) bond motifs is 1. The minimum Gasteiger partial charge on any atom is -0.374 e. The summed E-state index contributed by atoms with van der Waals surface area (Å²) < 4.78 is 83.0. The van der Waals surface area contributed by atoms with Crippen LogP contribution in [0, 0.1) is 5.82 Å². The van der Waals surface area contributed by atoms with Crippen molar-refractivity contribution < 1.29 is 31.1 Å². The van der Waals surface area contributed by atoms with E-state index in [1.165, 1.54) is 31.2 Å². The van der Waals surface area contributed by atoms with Gasteiger partial charge in [-0.25, -0.2) is 12.8 Å². The molecule has 3 aromatic carbocycles. The van der Waals surface area contributed by atoms with Crippen LogP contribution in [0.5, 0.6) is 0 Å². The lowest BCUT2D eigenvalue weighted by molar-refractivity contribution is -0.140. The molecule has 1 aromatic heterocycles. The number of alkyl halides is 3. The molecule has 35 heavy (non-hydrogen) atoms. The topological polar surface area (TPSA) is 69.6 Å². The van der Waals surface area contributed by atoms with Crippen LogP contribution in [0.4, 0.5) is 28.3 Å². The highest BCUT2D eigenvalue weighted by Gasteiger charge is 2.35. The Hall–Kier alpha value is -3.15. The monoisotopic (exact) mass is 524 g/mol. The summed E-state index contributed by atoms with van der Waals surface area (Å²) in [5.74, 6) is -1.45. The van der Waals surface area contributed by atoms with Crippen LogP contribution in [-0.2, 0) is 22.7 Å². The summed E-state index contributed by atoms with van der Waals surface area (Å²) in [4.78, 5) is -0.0707. The maximum absolute atomic E-state index is 13.9. The molecule has 1 unspecified atom stereocenters. The predicted octanol–water partition coefficient (Wildman–Crippen LogP) is 6.20. The van der Waals surface area contributed by atoms with Crippen LogP contribution in [0.15, 0.2) is 77.7 Å². The molecule has 0 amide bonds. The SMILES string of the molecule is CC(O)Nc1c(N(Cc2ccc(F)c(C(F)(F)F)c2)S(=O)(=O)c2ccccc2)sc2ccccc12. The van der Waals surface area contributed by atoms with Gasteiger partial charge in [0, 0.05) is 10.1 Å². The number of hydrogen-bond donors (Lipinski definition) is 2. The van der Waals surface area contributed by atoms with Gasteiger partial charge in [0.1, 0.15) is 17.0 Å². The van der Waals surface area contributed by atoms with E-state index in [0.29, 0.717) is 27.9 Å². The van der Waals surface area contributed by atoms with Crippen LogP contribution in [0.3, 0.4) is 0 Å². The van der Waals surface area contributed by atoms with Gasteiger partial charge in [-0.15, -0.1) is 11.3 Å². The highest BCUT2D eigenvalue weighted by Crippen LogP contribution is 2.45. The first kappa shape index (κ1) is 25.0. The molecule has 4 aromatic rings. The summed E-state index contributed by atoms with van der Waals surface area (Å²) >= 11 is 1.10. The van der Waals surface area contributed by atoms with Gasteiger partial charge in [0.2, 0.25) is 0 Å². The summed E-state index contributed by atoms with van der Waals surface area (Å²) in [7, 11) is -4.27. The van der Waals surface area contributed by atoms with Crippen molar-refractivity contribution in [3.63, 3.8) is 0 Å². The van der Waals surface area contributed by atoms with Gasteiger partial charge in [0.05, 0.1) is 22.7 Å². The lowest BCUT2D eigenvalue weighted by Gasteiger charge is -2.25.